The minimum Gasteiger partial charge on any atom is -0.325 e. The van der Waals surface area contributed by atoms with Crippen LogP contribution in [0.4, 0.5) is 5.69 Å². The zero-order valence-corrected chi connectivity index (χ0v) is 11.3. The molecule has 2 aromatic rings. The summed E-state index contributed by atoms with van der Waals surface area (Å²) >= 11 is 0. The van der Waals surface area contributed by atoms with Crippen molar-refractivity contribution in [2.24, 2.45) is 5.73 Å². The zero-order chi connectivity index (χ0) is 14.5. The summed E-state index contributed by atoms with van der Waals surface area (Å²) in [7, 11) is 0. The number of imidazole rings is 1. The molecule has 0 radical (unpaired) electrons. The summed E-state index contributed by atoms with van der Waals surface area (Å²) in [4.78, 5) is 25.8. The van der Waals surface area contributed by atoms with Crippen molar-refractivity contribution in [2.75, 3.05) is 5.32 Å². The molecule has 1 heterocycles. The first kappa shape index (κ1) is 14.1. The van der Waals surface area contributed by atoms with Gasteiger partial charge in [0.25, 0.3) is 0 Å². The van der Waals surface area contributed by atoms with Crippen molar-refractivity contribution < 1.29 is 4.79 Å². The van der Waals surface area contributed by atoms with E-state index in [-0.39, 0.29) is 11.6 Å². The molecule has 0 spiro atoms. The molecule has 1 unspecified atom stereocenters. The predicted molar refractivity (Wildman–Crippen MR) is 77.9 cm³/mol. The van der Waals surface area contributed by atoms with E-state index < -0.39 is 6.04 Å². The monoisotopic (exact) mass is 274 g/mol. The van der Waals surface area contributed by atoms with Crippen LogP contribution in [0.2, 0.25) is 0 Å². The van der Waals surface area contributed by atoms with Gasteiger partial charge in [0.05, 0.1) is 11.7 Å². The molecular formula is C14H18N4O2. The molecule has 1 aromatic heterocycles. The summed E-state index contributed by atoms with van der Waals surface area (Å²) in [6.07, 6.45) is 4.74. The molecule has 0 fully saturated rings. The standard InChI is InChI=1S/C14H18N4O2/c1-2-3-12(15)13(19)17-10-4-6-11(7-5-10)18-9-8-16-14(18)20/h4-9,12H,2-3,15H2,1H3,(H,16,20)(H,17,19). The minimum atomic E-state index is -0.494. The second-order valence-electron chi connectivity index (χ2n) is 4.57. The molecule has 0 bridgehead atoms. The summed E-state index contributed by atoms with van der Waals surface area (Å²) in [5.74, 6) is -0.196. The molecule has 6 heteroatoms. The van der Waals surface area contributed by atoms with Gasteiger partial charge in [0, 0.05) is 18.1 Å². The van der Waals surface area contributed by atoms with Crippen LogP contribution >= 0.6 is 0 Å². The van der Waals surface area contributed by atoms with Gasteiger partial charge in [-0.3, -0.25) is 9.36 Å². The highest BCUT2D eigenvalue weighted by Gasteiger charge is 2.12. The third-order valence-electron chi connectivity index (χ3n) is 3.00. The quantitative estimate of drug-likeness (QED) is 0.765. The van der Waals surface area contributed by atoms with Crippen LogP contribution in [0.5, 0.6) is 0 Å². The fourth-order valence-electron chi connectivity index (χ4n) is 1.91. The van der Waals surface area contributed by atoms with Gasteiger partial charge in [-0.25, -0.2) is 4.79 Å². The van der Waals surface area contributed by atoms with E-state index in [0.29, 0.717) is 12.1 Å². The Balaban J connectivity index is 2.07. The van der Waals surface area contributed by atoms with E-state index in [1.165, 1.54) is 4.57 Å². The van der Waals surface area contributed by atoms with Crippen molar-refractivity contribution in [3.8, 4) is 5.69 Å². The number of nitrogens with one attached hydrogen (secondary N) is 2. The van der Waals surface area contributed by atoms with Gasteiger partial charge in [-0.1, -0.05) is 13.3 Å². The summed E-state index contributed by atoms with van der Waals surface area (Å²) in [5, 5.41) is 2.75. The van der Waals surface area contributed by atoms with Gasteiger partial charge in [0.1, 0.15) is 0 Å². The minimum absolute atomic E-state index is 0.196. The topological polar surface area (TPSA) is 92.9 Å². The third kappa shape index (κ3) is 3.16. The van der Waals surface area contributed by atoms with E-state index in [1.807, 2.05) is 6.92 Å². The molecule has 1 atom stereocenters. The number of aromatic nitrogens is 2. The molecule has 0 aliphatic carbocycles. The van der Waals surface area contributed by atoms with Crippen LogP contribution in [0.3, 0.4) is 0 Å². The first-order valence-corrected chi connectivity index (χ1v) is 6.54. The third-order valence-corrected chi connectivity index (χ3v) is 3.00. The summed E-state index contributed by atoms with van der Waals surface area (Å²) in [5.41, 5.74) is 6.93. The van der Waals surface area contributed by atoms with Crippen molar-refractivity contribution in [2.45, 2.75) is 25.8 Å². The zero-order valence-electron chi connectivity index (χ0n) is 11.3. The number of hydrogen-bond acceptors (Lipinski definition) is 3. The maximum absolute atomic E-state index is 11.8. The first-order valence-electron chi connectivity index (χ1n) is 6.54. The molecule has 4 N–H and O–H groups in total. The number of nitrogens with two attached hydrogens (primary N) is 1. The molecule has 2 rings (SSSR count). The van der Waals surface area contributed by atoms with Crippen molar-refractivity contribution >= 4 is 11.6 Å². The summed E-state index contributed by atoms with van der Waals surface area (Å²) in [6.45, 7) is 1.98. The number of aromatic amines is 1. The summed E-state index contributed by atoms with van der Waals surface area (Å²) < 4.78 is 1.48. The Labute approximate surface area is 116 Å². The van der Waals surface area contributed by atoms with Gasteiger partial charge in [-0.05, 0) is 30.7 Å². The first-order chi connectivity index (χ1) is 9.61. The molecular weight excluding hydrogens is 256 g/mol. The Morgan fingerprint density at radius 2 is 2.10 bits per heavy atom. The molecule has 0 saturated heterocycles. The highest BCUT2D eigenvalue weighted by molar-refractivity contribution is 5.94. The van der Waals surface area contributed by atoms with Gasteiger partial charge in [-0.15, -0.1) is 0 Å². The van der Waals surface area contributed by atoms with E-state index in [2.05, 4.69) is 10.3 Å². The fraction of sp³-hybridized carbons (Fsp3) is 0.286. The van der Waals surface area contributed by atoms with Crippen LogP contribution in [0.1, 0.15) is 19.8 Å². The lowest BCUT2D eigenvalue weighted by molar-refractivity contribution is -0.117. The largest absolute Gasteiger partial charge is 0.330 e. The Morgan fingerprint density at radius 1 is 1.40 bits per heavy atom. The Hall–Kier alpha value is -2.34. The number of carbonyl (C=O) groups is 1. The average Bonchev–Trinajstić information content (AvgIpc) is 2.86. The van der Waals surface area contributed by atoms with Crippen molar-refractivity contribution in [1.82, 2.24) is 9.55 Å². The summed E-state index contributed by atoms with van der Waals surface area (Å²) in [6, 6.07) is 6.51. The van der Waals surface area contributed by atoms with Crippen molar-refractivity contribution in [3.05, 3.63) is 47.1 Å². The highest BCUT2D eigenvalue weighted by Crippen LogP contribution is 2.12. The number of rotatable bonds is 5. The molecule has 0 saturated carbocycles. The van der Waals surface area contributed by atoms with E-state index in [0.717, 1.165) is 12.1 Å². The number of anilines is 1. The van der Waals surface area contributed by atoms with Crippen molar-refractivity contribution in [1.29, 1.82) is 0 Å². The lowest BCUT2D eigenvalue weighted by Gasteiger charge is -2.11. The normalized spacial score (nSPS) is 12.1. The van der Waals surface area contributed by atoms with Crippen LogP contribution in [0.15, 0.2) is 41.5 Å². The molecule has 20 heavy (non-hydrogen) atoms. The second kappa shape index (κ2) is 6.21. The van der Waals surface area contributed by atoms with Gasteiger partial charge in [0.15, 0.2) is 0 Å². The average molecular weight is 274 g/mol. The Bertz CT molecular complexity index is 627. The van der Waals surface area contributed by atoms with Gasteiger partial charge < -0.3 is 16.0 Å². The van der Waals surface area contributed by atoms with Gasteiger partial charge in [-0.2, -0.15) is 0 Å². The molecule has 106 valence electrons. The number of amides is 1. The fourth-order valence-corrected chi connectivity index (χ4v) is 1.91. The Kier molecular flexibility index (Phi) is 4.37. The van der Waals surface area contributed by atoms with E-state index in [9.17, 15) is 9.59 Å². The number of benzene rings is 1. The number of H-pyrrole nitrogens is 1. The van der Waals surface area contributed by atoms with Gasteiger partial charge >= 0.3 is 5.69 Å². The van der Waals surface area contributed by atoms with E-state index in [4.69, 9.17) is 5.73 Å². The van der Waals surface area contributed by atoms with Crippen LogP contribution in [0.25, 0.3) is 5.69 Å². The van der Waals surface area contributed by atoms with E-state index in [1.54, 1.807) is 36.7 Å². The molecule has 1 amide bonds. The number of carbonyl (C=O) groups excluding carboxylic acids is 1. The SMILES string of the molecule is CCCC(N)C(=O)Nc1ccc(-n2cc[nH]c2=O)cc1. The smallest absolute Gasteiger partial charge is 0.325 e. The van der Waals surface area contributed by atoms with Crippen molar-refractivity contribution in [3.63, 3.8) is 0 Å². The molecule has 0 aliphatic heterocycles. The predicted octanol–water partition coefficient (Wildman–Crippen LogP) is 1.23. The maximum atomic E-state index is 11.8. The molecule has 1 aromatic carbocycles. The van der Waals surface area contributed by atoms with Gasteiger partial charge in [0.2, 0.25) is 5.91 Å². The number of hydrogen-bond donors (Lipinski definition) is 3. The van der Waals surface area contributed by atoms with Crippen LogP contribution in [-0.4, -0.2) is 21.5 Å². The molecule has 0 aliphatic rings. The number of nitrogens with zero attached hydrogens (tertiary/aromatic N) is 1. The maximum Gasteiger partial charge on any atom is 0.330 e. The Morgan fingerprint density at radius 3 is 2.65 bits per heavy atom. The van der Waals surface area contributed by atoms with E-state index >= 15 is 0 Å². The second-order valence-corrected chi connectivity index (χ2v) is 4.57. The van der Waals surface area contributed by atoms with Crippen LogP contribution < -0.4 is 16.7 Å². The molecule has 6 nitrogen and oxygen atoms in total. The van der Waals surface area contributed by atoms with Crippen LogP contribution in [-0.2, 0) is 4.79 Å². The lowest BCUT2D eigenvalue weighted by Crippen LogP contribution is -2.35. The van der Waals surface area contributed by atoms with Crippen LogP contribution in [0, 0.1) is 0 Å². The highest BCUT2D eigenvalue weighted by atomic mass is 16.2. The lowest BCUT2D eigenvalue weighted by atomic mass is 10.1.